The van der Waals surface area contributed by atoms with Crippen LogP contribution in [-0.4, -0.2) is 55.8 Å². The average Bonchev–Trinajstić information content (AvgIpc) is 3.26. The molecule has 1 saturated carbocycles. The first kappa shape index (κ1) is 17.2. The lowest BCUT2D eigenvalue weighted by Crippen LogP contribution is -2.50. The summed E-state index contributed by atoms with van der Waals surface area (Å²) in [4.78, 5) is 0. The lowest BCUT2D eigenvalue weighted by molar-refractivity contribution is 0.238. The van der Waals surface area contributed by atoms with Crippen molar-refractivity contribution in [2.45, 2.75) is 52.5 Å². The van der Waals surface area contributed by atoms with Gasteiger partial charge in [-0.15, -0.1) is 0 Å². The Morgan fingerprint density at radius 3 is 2.24 bits per heavy atom. The molecule has 0 amide bonds. The number of hydrogen-bond acceptors (Lipinski definition) is 3. The topological polar surface area (TPSA) is 52.7 Å². The number of nitrogens with zero attached hydrogens (tertiary/aromatic N) is 2. The fourth-order valence-corrected chi connectivity index (χ4v) is 4.87. The molecule has 1 heterocycles. The van der Waals surface area contributed by atoms with Crippen LogP contribution >= 0.6 is 0 Å². The fraction of sp³-hybridized carbons (Fsp3) is 1.00. The molecule has 1 aliphatic heterocycles. The summed E-state index contributed by atoms with van der Waals surface area (Å²) in [5.41, 5.74) is 0. The quantitative estimate of drug-likeness (QED) is 0.741. The van der Waals surface area contributed by atoms with Gasteiger partial charge in [-0.3, -0.25) is 0 Å². The summed E-state index contributed by atoms with van der Waals surface area (Å²) in [5, 5.41) is 3.37. The van der Waals surface area contributed by atoms with E-state index in [1.165, 1.54) is 12.8 Å². The zero-order valence-corrected chi connectivity index (χ0v) is 14.5. The van der Waals surface area contributed by atoms with Crippen LogP contribution in [0.25, 0.3) is 0 Å². The lowest BCUT2D eigenvalue weighted by atomic mass is 9.98. The highest BCUT2D eigenvalue weighted by atomic mass is 32.2. The Labute approximate surface area is 130 Å². The van der Waals surface area contributed by atoms with E-state index in [0.717, 1.165) is 25.9 Å². The van der Waals surface area contributed by atoms with Crippen molar-refractivity contribution in [3.8, 4) is 0 Å². The van der Waals surface area contributed by atoms with Gasteiger partial charge in [-0.1, -0.05) is 6.92 Å². The number of rotatable bonds is 8. The van der Waals surface area contributed by atoms with E-state index in [2.05, 4.69) is 12.2 Å². The third kappa shape index (κ3) is 4.65. The molecule has 0 aromatic rings. The molecule has 2 fully saturated rings. The Kier molecular flexibility index (Phi) is 6.05. The smallest absolute Gasteiger partial charge is 0.282 e. The minimum absolute atomic E-state index is 0.0510. The van der Waals surface area contributed by atoms with Gasteiger partial charge in [0.2, 0.25) is 0 Å². The van der Waals surface area contributed by atoms with Gasteiger partial charge >= 0.3 is 0 Å². The van der Waals surface area contributed by atoms with Crippen molar-refractivity contribution in [1.29, 1.82) is 0 Å². The highest BCUT2D eigenvalue weighted by Gasteiger charge is 2.37. The molecule has 2 rings (SSSR count). The van der Waals surface area contributed by atoms with E-state index >= 15 is 0 Å². The van der Waals surface area contributed by atoms with Gasteiger partial charge in [-0.05, 0) is 64.5 Å². The van der Waals surface area contributed by atoms with Crippen LogP contribution in [0.15, 0.2) is 0 Å². The van der Waals surface area contributed by atoms with Crippen molar-refractivity contribution in [3.63, 3.8) is 0 Å². The second-order valence-electron chi connectivity index (χ2n) is 6.76. The van der Waals surface area contributed by atoms with Gasteiger partial charge in [0.05, 0.1) is 0 Å². The molecule has 1 saturated heterocycles. The molecule has 5 nitrogen and oxygen atoms in total. The standard InChI is InChI=1S/C15H31N3O2S/c1-4-16-11-14-7-9-17(10-8-14)21(19,20)18(13(2)3)12-15-5-6-15/h13-16H,4-12H2,1-3H3. The van der Waals surface area contributed by atoms with E-state index in [1.54, 1.807) is 8.61 Å². The number of nitrogens with one attached hydrogen (secondary N) is 1. The second kappa shape index (κ2) is 7.40. The molecule has 6 heteroatoms. The van der Waals surface area contributed by atoms with Crippen molar-refractivity contribution in [2.24, 2.45) is 11.8 Å². The summed E-state index contributed by atoms with van der Waals surface area (Å²) in [5.74, 6) is 1.21. The highest BCUT2D eigenvalue weighted by molar-refractivity contribution is 7.86. The number of hydrogen-bond donors (Lipinski definition) is 1. The Balaban J connectivity index is 1.92. The third-order valence-electron chi connectivity index (χ3n) is 4.59. The molecule has 0 radical (unpaired) electrons. The Hall–Kier alpha value is -0.170. The molecular weight excluding hydrogens is 286 g/mol. The average molecular weight is 317 g/mol. The maximum Gasteiger partial charge on any atom is 0.282 e. The van der Waals surface area contributed by atoms with Crippen molar-refractivity contribution >= 4 is 10.2 Å². The predicted octanol–water partition coefficient (Wildman–Crippen LogP) is 1.67. The zero-order valence-electron chi connectivity index (χ0n) is 13.7. The van der Waals surface area contributed by atoms with E-state index in [4.69, 9.17) is 0 Å². The van der Waals surface area contributed by atoms with Crippen LogP contribution in [0.2, 0.25) is 0 Å². The molecule has 21 heavy (non-hydrogen) atoms. The molecule has 0 aromatic heterocycles. The molecule has 0 bridgehead atoms. The molecule has 0 atom stereocenters. The molecule has 0 unspecified atom stereocenters. The van der Waals surface area contributed by atoms with Crippen LogP contribution in [0.4, 0.5) is 0 Å². The van der Waals surface area contributed by atoms with Crippen LogP contribution in [0.5, 0.6) is 0 Å². The van der Waals surface area contributed by atoms with Gasteiger partial charge in [0.15, 0.2) is 0 Å². The lowest BCUT2D eigenvalue weighted by Gasteiger charge is -2.36. The first-order valence-electron chi connectivity index (χ1n) is 8.42. The van der Waals surface area contributed by atoms with E-state index in [-0.39, 0.29) is 6.04 Å². The maximum atomic E-state index is 12.8. The predicted molar refractivity (Wildman–Crippen MR) is 86.3 cm³/mol. The maximum absolute atomic E-state index is 12.8. The normalized spacial score (nSPS) is 22.3. The Bertz CT molecular complexity index is 413. The molecule has 2 aliphatic rings. The van der Waals surface area contributed by atoms with Crippen LogP contribution in [0, 0.1) is 11.8 Å². The van der Waals surface area contributed by atoms with Gasteiger partial charge in [-0.2, -0.15) is 17.0 Å². The summed E-state index contributed by atoms with van der Waals surface area (Å²) >= 11 is 0. The summed E-state index contributed by atoms with van der Waals surface area (Å²) in [7, 11) is -3.28. The van der Waals surface area contributed by atoms with Gasteiger partial charge in [0.25, 0.3) is 10.2 Å². The molecule has 0 spiro atoms. The number of piperidine rings is 1. The summed E-state index contributed by atoms with van der Waals surface area (Å²) < 4.78 is 29.1. The molecule has 0 aromatic carbocycles. The van der Waals surface area contributed by atoms with Gasteiger partial charge in [0.1, 0.15) is 0 Å². The summed E-state index contributed by atoms with van der Waals surface area (Å²) in [6.45, 7) is 10.1. The van der Waals surface area contributed by atoms with E-state index in [0.29, 0.717) is 31.5 Å². The zero-order chi connectivity index (χ0) is 15.5. The van der Waals surface area contributed by atoms with Crippen LogP contribution in [0.3, 0.4) is 0 Å². The highest BCUT2D eigenvalue weighted by Crippen LogP contribution is 2.32. The van der Waals surface area contributed by atoms with Crippen LogP contribution < -0.4 is 5.32 Å². The molecule has 124 valence electrons. The summed E-state index contributed by atoms with van der Waals surface area (Å²) in [6.07, 6.45) is 4.32. The second-order valence-corrected chi connectivity index (χ2v) is 8.65. The third-order valence-corrected chi connectivity index (χ3v) is 6.77. The van der Waals surface area contributed by atoms with E-state index in [1.807, 2.05) is 13.8 Å². The minimum Gasteiger partial charge on any atom is -0.317 e. The first-order chi connectivity index (χ1) is 9.95. The van der Waals surface area contributed by atoms with E-state index < -0.39 is 10.2 Å². The van der Waals surface area contributed by atoms with Gasteiger partial charge < -0.3 is 5.32 Å². The van der Waals surface area contributed by atoms with Gasteiger partial charge in [0, 0.05) is 25.7 Å². The van der Waals surface area contributed by atoms with Gasteiger partial charge in [-0.25, -0.2) is 0 Å². The van der Waals surface area contributed by atoms with Crippen molar-refractivity contribution in [3.05, 3.63) is 0 Å². The molecular formula is C15H31N3O2S. The van der Waals surface area contributed by atoms with Crippen LogP contribution in [0.1, 0.15) is 46.5 Å². The minimum atomic E-state index is -3.28. The largest absolute Gasteiger partial charge is 0.317 e. The Morgan fingerprint density at radius 1 is 1.14 bits per heavy atom. The SMILES string of the molecule is CCNCC1CCN(S(=O)(=O)N(CC2CC2)C(C)C)CC1. The van der Waals surface area contributed by atoms with Crippen LogP contribution in [-0.2, 0) is 10.2 Å². The molecule has 1 N–H and O–H groups in total. The molecule has 1 aliphatic carbocycles. The van der Waals surface area contributed by atoms with E-state index in [9.17, 15) is 8.42 Å². The Morgan fingerprint density at radius 2 is 1.76 bits per heavy atom. The monoisotopic (exact) mass is 317 g/mol. The summed E-state index contributed by atoms with van der Waals surface area (Å²) in [6, 6.07) is 0.0510. The first-order valence-corrected chi connectivity index (χ1v) is 9.82. The van der Waals surface area contributed by atoms with Crippen molar-refractivity contribution in [1.82, 2.24) is 13.9 Å². The fourth-order valence-electron chi connectivity index (χ4n) is 2.97. The van der Waals surface area contributed by atoms with Crippen molar-refractivity contribution in [2.75, 3.05) is 32.7 Å². The van der Waals surface area contributed by atoms with Crippen molar-refractivity contribution < 1.29 is 8.42 Å².